The average molecular weight is 703 g/mol. The first-order valence-corrected chi connectivity index (χ1v) is 18.8. The van der Waals surface area contributed by atoms with Gasteiger partial charge < -0.3 is 4.42 Å². The fourth-order valence-corrected chi connectivity index (χ4v) is 9.33. The smallest absolute Gasteiger partial charge is 0.160 e. The maximum Gasteiger partial charge on any atom is 0.160 e. The lowest BCUT2D eigenvalue weighted by atomic mass is 9.61. The highest BCUT2D eigenvalue weighted by atomic mass is 16.3. The van der Waals surface area contributed by atoms with Gasteiger partial charge >= 0.3 is 0 Å². The molecule has 1 heterocycles. The number of hydrogen-bond acceptors (Lipinski definition) is 2. The van der Waals surface area contributed by atoms with Gasteiger partial charge in [0.2, 0.25) is 0 Å². The normalized spacial score (nSPS) is 14.0. The SMILES string of the molecule is C=C(/N=C(\N=C(/C)c1ccc2c3c(cccc13)C1(c3ccccc3-c3ccccc31)c1ccccc1-2)c1ccc2c(c1)oc1ccccc12)c1ccccc1. The van der Waals surface area contributed by atoms with Crippen molar-refractivity contribution in [3.8, 4) is 22.3 Å². The lowest BCUT2D eigenvalue weighted by Gasteiger charge is -2.40. The van der Waals surface area contributed by atoms with Gasteiger partial charge in [-0.05, 0) is 86.0 Å². The maximum atomic E-state index is 6.32. The minimum Gasteiger partial charge on any atom is -0.456 e. The lowest BCUT2D eigenvalue weighted by Crippen LogP contribution is -2.31. The Morgan fingerprint density at radius 3 is 1.78 bits per heavy atom. The van der Waals surface area contributed by atoms with Crippen LogP contribution in [0.15, 0.2) is 197 Å². The zero-order valence-electron chi connectivity index (χ0n) is 30.3. The van der Waals surface area contributed by atoms with Crippen molar-refractivity contribution >= 4 is 50.0 Å². The van der Waals surface area contributed by atoms with Gasteiger partial charge in [0.05, 0.1) is 11.1 Å². The number of aliphatic imine (C=N–C) groups is 2. The van der Waals surface area contributed by atoms with Crippen molar-refractivity contribution in [1.29, 1.82) is 0 Å². The van der Waals surface area contributed by atoms with Gasteiger partial charge in [0, 0.05) is 27.6 Å². The summed E-state index contributed by atoms with van der Waals surface area (Å²) in [5.74, 6) is 0.578. The lowest BCUT2D eigenvalue weighted by molar-refractivity contribution is 0.669. The van der Waals surface area contributed by atoms with E-state index in [0.717, 1.165) is 44.3 Å². The number of fused-ring (bicyclic) bond motifs is 12. The molecule has 8 aromatic carbocycles. The fraction of sp³-hybridized carbons (Fsp3) is 0.0385. The van der Waals surface area contributed by atoms with Crippen LogP contribution >= 0.6 is 0 Å². The van der Waals surface area contributed by atoms with Gasteiger partial charge in [-0.15, -0.1) is 0 Å². The van der Waals surface area contributed by atoms with E-state index < -0.39 is 5.41 Å². The first kappa shape index (κ1) is 31.4. The van der Waals surface area contributed by atoms with Crippen molar-refractivity contribution < 1.29 is 4.42 Å². The van der Waals surface area contributed by atoms with Crippen LogP contribution in [0.4, 0.5) is 0 Å². The van der Waals surface area contributed by atoms with E-state index in [2.05, 4.69) is 141 Å². The predicted molar refractivity (Wildman–Crippen MR) is 228 cm³/mol. The molecule has 9 aromatic rings. The summed E-state index contributed by atoms with van der Waals surface area (Å²) in [5.41, 5.74) is 16.0. The minimum atomic E-state index is -0.456. The third-order valence-electron chi connectivity index (χ3n) is 11.7. The summed E-state index contributed by atoms with van der Waals surface area (Å²) >= 11 is 0. The molecule has 0 radical (unpaired) electrons. The Morgan fingerprint density at radius 1 is 0.473 bits per heavy atom. The van der Waals surface area contributed by atoms with Gasteiger partial charge in [-0.25, -0.2) is 9.98 Å². The molecule has 3 heteroatoms. The third kappa shape index (κ3) is 4.50. The summed E-state index contributed by atoms with van der Waals surface area (Å²) in [7, 11) is 0. The monoisotopic (exact) mass is 702 g/mol. The van der Waals surface area contributed by atoms with Crippen LogP contribution in [0.25, 0.3) is 60.7 Å². The minimum absolute atomic E-state index is 0.456. The van der Waals surface area contributed by atoms with Crippen LogP contribution in [-0.4, -0.2) is 11.5 Å². The number of para-hydroxylation sites is 1. The topological polar surface area (TPSA) is 37.9 Å². The van der Waals surface area contributed by atoms with Crippen molar-refractivity contribution in [2.45, 2.75) is 12.3 Å². The molecule has 3 nitrogen and oxygen atoms in total. The molecule has 0 unspecified atom stereocenters. The summed E-state index contributed by atoms with van der Waals surface area (Å²) in [4.78, 5) is 10.5. The Balaban J connectivity index is 1.14. The number of benzene rings is 8. The molecule has 0 bridgehead atoms. The molecule has 258 valence electrons. The summed E-state index contributed by atoms with van der Waals surface area (Å²) in [6, 6.07) is 62.7. The van der Waals surface area contributed by atoms with Gasteiger partial charge in [0.25, 0.3) is 0 Å². The van der Waals surface area contributed by atoms with Crippen molar-refractivity contribution in [1.82, 2.24) is 0 Å². The molecular formula is C52H34N2O. The maximum absolute atomic E-state index is 6.32. The second-order valence-electron chi connectivity index (χ2n) is 14.5. The quantitative estimate of drug-likeness (QED) is 0.133. The highest BCUT2D eigenvalue weighted by molar-refractivity contribution is 6.20. The molecule has 2 aliphatic carbocycles. The van der Waals surface area contributed by atoms with E-state index in [-0.39, 0.29) is 0 Å². The molecule has 0 saturated heterocycles. The standard InChI is InChI=1S/C52H34N2O/c1-32(34-15-4-3-5-16-34)53-51(35-27-28-41-40-20-9-13-26-48(40)55-49(41)31-35)54-33(2)36-29-30-43-39-19-8-12-24-46(39)52(47-25-14-21-42(36)50(43)47)44-22-10-6-17-37(44)38-18-7-11-23-45(38)52/h3-31H,1H2,2H3/b53-51-,54-33+. The summed E-state index contributed by atoms with van der Waals surface area (Å²) in [6.45, 7) is 6.47. The van der Waals surface area contributed by atoms with Gasteiger partial charge in [-0.2, -0.15) is 0 Å². The molecule has 1 spiro atoms. The van der Waals surface area contributed by atoms with E-state index in [0.29, 0.717) is 11.5 Å². The van der Waals surface area contributed by atoms with Crippen molar-refractivity contribution in [2.75, 3.05) is 0 Å². The molecule has 0 atom stereocenters. The molecule has 0 N–H and O–H groups in total. The van der Waals surface area contributed by atoms with Crippen molar-refractivity contribution in [3.05, 3.63) is 221 Å². The third-order valence-corrected chi connectivity index (χ3v) is 11.7. The van der Waals surface area contributed by atoms with Crippen molar-refractivity contribution in [3.63, 3.8) is 0 Å². The highest BCUT2D eigenvalue weighted by Gasteiger charge is 2.49. The van der Waals surface area contributed by atoms with Crippen LogP contribution in [-0.2, 0) is 5.41 Å². The number of hydrogen-bond donors (Lipinski definition) is 0. The van der Waals surface area contributed by atoms with Gasteiger partial charge in [-0.3, -0.25) is 0 Å². The van der Waals surface area contributed by atoms with Crippen LogP contribution in [0.1, 0.15) is 45.9 Å². The van der Waals surface area contributed by atoms with Gasteiger partial charge in [-0.1, -0.05) is 164 Å². The first-order chi connectivity index (χ1) is 27.1. The molecule has 0 saturated carbocycles. The Bertz CT molecular complexity index is 3080. The Labute approximate surface area is 319 Å². The van der Waals surface area contributed by atoms with Crippen LogP contribution in [0.3, 0.4) is 0 Å². The molecule has 0 amide bonds. The number of furan rings is 1. The van der Waals surface area contributed by atoms with Crippen molar-refractivity contribution in [2.24, 2.45) is 9.98 Å². The summed E-state index contributed by atoms with van der Waals surface area (Å²) in [6.07, 6.45) is 0. The van der Waals surface area contributed by atoms with E-state index in [1.165, 1.54) is 55.3 Å². The van der Waals surface area contributed by atoms with E-state index in [4.69, 9.17) is 14.4 Å². The van der Waals surface area contributed by atoms with Gasteiger partial charge in [0.1, 0.15) is 11.2 Å². The number of nitrogens with zero attached hydrogens (tertiary/aromatic N) is 2. The predicted octanol–water partition coefficient (Wildman–Crippen LogP) is 13.0. The van der Waals surface area contributed by atoms with E-state index in [9.17, 15) is 0 Å². The average Bonchev–Trinajstić information content (AvgIpc) is 3.76. The molecule has 1 aromatic heterocycles. The molecule has 0 fully saturated rings. The number of rotatable bonds is 4. The van der Waals surface area contributed by atoms with Crippen LogP contribution in [0.2, 0.25) is 0 Å². The molecular weight excluding hydrogens is 669 g/mol. The Morgan fingerprint density at radius 2 is 1.05 bits per heavy atom. The van der Waals surface area contributed by atoms with Crippen LogP contribution in [0.5, 0.6) is 0 Å². The second-order valence-corrected chi connectivity index (χ2v) is 14.5. The van der Waals surface area contributed by atoms with Crippen LogP contribution < -0.4 is 0 Å². The Kier molecular flexibility index (Phi) is 6.83. The summed E-state index contributed by atoms with van der Waals surface area (Å²) < 4.78 is 6.32. The number of amidine groups is 1. The van der Waals surface area contributed by atoms with E-state index >= 15 is 0 Å². The van der Waals surface area contributed by atoms with E-state index in [1.54, 1.807) is 0 Å². The van der Waals surface area contributed by atoms with Gasteiger partial charge in [0.15, 0.2) is 5.84 Å². The van der Waals surface area contributed by atoms with Crippen LogP contribution in [0, 0.1) is 0 Å². The zero-order chi connectivity index (χ0) is 36.7. The summed E-state index contributed by atoms with van der Waals surface area (Å²) in [5, 5.41) is 4.58. The molecule has 2 aliphatic rings. The van der Waals surface area contributed by atoms with E-state index in [1.807, 2.05) is 48.5 Å². The fourth-order valence-electron chi connectivity index (χ4n) is 9.33. The molecule has 55 heavy (non-hydrogen) atoms. The first-order valence-electron chi connectivity index (χ1n) is 18.8. The second kappa shape index (κ2) is 12.0. The Hall–Kier alpha value is -7.10. The largest absolute Gasteiger partial charge is 0.456 e. The molecule has 0 aliphatic heterocycles. The highest BCUT2D eigenvalue weighted by Crippen LogP contribution is 2.61. The zero-order valence-corrected chi connectivity index (χ0v) is 30.3. The molecule has 11 rings (SSSR count).